The number of carbonyl (C=O) groups is 2. The molecule has 0 radical (unpaired) electrons. The van der Waals surface area contributed by atoms with E-state index in [0.717, 1.165) is 18.7 Å². The molecule has 2 amide bonds. The fourth-order valence-electron chi connectivity index (χ4n) is 4.17. The molecular weight excluding hydrogens is 383 g/mol. The van der Waals surface area contributed by atoms with Gasteiger partial charge in [-0.2, -0.15) is 0 Å². The zero-order valence-electron chi connectivity index (χ0n) is 17.5. The summed E-state index contributed by atoms with van der Waals surface area (Å²) in [6.45, 7) is 3.39. The molecule has 158 valence electrons. The van der Waals surface area contributed by atoms with E-state index in [2.05, 4.69) is 11.0 Å². The average molecular weight is 410 g/mol. The zero-order valence-corrected chi connectivity index (χ0v) is 17.5. The van der Waals surface area contributed by atoms with Gasteiger partial charge in [-0.25, -0.2) is 4.39 Å². The van der Waals surface area contributed by atoms with Crippen molar-refractivity contribution in [3.8, 4) is 0 Å². The molecule has 2 aromatic rings. The predicted molar refractivity (Wildman–Crippen MR) is 116 cm³/mol. The third kappa shape index (κ3) is 4.03. The highest BCUT2D eigenvalue weighted by Crippen LogP contribution is 2.27. The van der Waals surface area contributed by atoms with Crippen molar-refractivity contribution >= 4 is 23.2 Å². The molecular formula is C23H27FN4O2. The van der Waals surface area contributed by atoms with Crippen LogP contribution >= 0.6 is 0 Å². The summed E-state index contributed by atoms with van der Waals surface area (Å²) >= 11 is 0. The zero-order chi connectivity index (χ0) is 21.3. The minimum absolute atomic E-state index is 0.0982. The molecule has 0 atom stereocenters. The molecule has 0 aliphatic carbocycles. The van der Waals surface area contributed by atoms with E-state index < -0.39 is 5.82 Å². The Labute approximate surface area is 176 Å². The molecule has 2 aromatic carbocycles. The Bertz CT molecular complexity index is 954. The van der Waals surface area contributed by atoms with E-state index >= 15 is 0 Å². The van der Waals surface area contributed by atoms with E-state index in [-0.39, 0.29) is 11.8 Å². The lowest BCUT2D eigenvalue weighted by molar-refractivity contribution is -0.120. The topological polar surface area (TPSA) is 47.1 Å². The number of para-hydroxylation sites is 1. The molecule has 2 aliphatic heterocycles. The molecule has 0 unspecified atom stereocenters. The van der Waals surface area contributed by atoms with Crippen molar-refractivity contribution in [2.24, 2.45) is 0 Å². The number of hydrogen-bond acceptors (Lipinski definition) is 4. The van der Waals surface area contributed by atoms with Crippen LogP contribution in [0.1, 0.15) is 15.9 Å². The summed E-state index contributed by atoms with van der Waals surface area (Å²) in [6.07, 6.45) is 0.896. The van der Waals surface area contributed by atoms with Gasteiger partial charge in [0.25, 0.3) is 5.91 Å². The smallest absolute Gasteiger partial charge is 0.254 e. The van der Waals surface area contributed by atoms with Crippen LogP contribution < -0.4 is 9.80 Å². The van der Waals surface area contributed by atoms with Crippen molar-refractivity contribution in [3.63, 3.8) is 0 Å². The number of hydrogen-bond donors (Lipinski definition) is 0. The van der Waals surface area contributed by atoms with Gasteiger partial charge in [0.15, 0.2) is 0 Å². The van der Waals surface area contributed by atoms with Crippen molar-refractivity contribution in [2.45, 2.75) is 6.42 Å². The third-order valence-electron chi connectivity index (χ3n) is 5.88. The number of halogens is 1. The molecule has 0 aromatic heterocycles. The van der Waals surface area contributed by atoms with Gasteiger partial charge in [0.2, 0.25) is 5.91 Å². The summed E-state index contributed by atoms with van der Waals surface area (Å²) in [5.74, 6) is -0.472. The Morgan fingerprint density at radius 1 is 1.00 bits per heavy atom. The van der Waals surface area contributed by atoms with Crippen LogP contribution in [0.2, 0.25) is 0 Å². The fraction of sp³-hybridized carbons (Fsp3) is 0.391. The monoisotopic (exact) mass is 410 g/mol. The van der Waals surface area contributed by atoms with Gasteiger partial charge >= 0.3 is 0 Å². The Kier molecular flexibility index (Phi) is 5.72. The Morgan fingerprint density at radius 2 is 1.73 bits per heavy atom. The van der Waals surface area contributed by atoms with Crippen LogP contribution in [0.15, 0.2) is 42.5 Å². The summed E-state index contributed by atoms with van der Waals surface area (Å²) in [6, 6.07) is 12.6. The Hall–Kier alpha value is -2.93. The lowest BCUT2D eigenvalue weighted by Gasteiger charge is -2.35. The molecule has 2 aliphatic rings. The minimum atomic E-state index is -0.402. The van der Waals surface area contributed by atoms with Gasteiger partial charge in [0.05, 0.1) is 12.2 Å². The number of rotatable bonds is 4. The van der Waals surface area contributed by atoms with E-state index in [4.69, 9.17) is 0 Å². The first-order valence-corrected chi connectivity index (χ1v) is 10.3. The molecule has 7 heteroatoms. The maximum atomic E-state index is 14.2. The van der Waals surface area contributed by atoms with Gasteiger partial charge in [-0.3, -0.25) is 14.5 Å². The number of anilines is 2. The summed E-state index contributed by atoms with van der Waals surface area (Å²) in [5.41, 5.74) is 3.04. The summed E-state index contributed by atoms with van der Waals surface area (Å²) < 4.78 is 14.2. The molecule has 0 bridgehead atoms. The highest BCUT2D eigenvalue weighted by Gasteiger charge is 2.28. The minimum Gasteiger partial charge on any atom is -0.375 e. The maximum Gasteiger partial charge on any atom is 0.254 e. The second-order valence-electron chi connectivity index (χ2n) is 8.05. The van der Waals surface area contributed by atoms with Gasteiger partial charge in [-0.15, -0.1) is 0 Å². The van der Waals surface area contributed by atoms with Crippen LogP contribution in [0.3, 0.4) is 0 Å². The largest absolute Gasteiger partial charge is 0.375 e. The molecule has 0 N–H and O–H groups in total. The van der Waals surface area contributed by atoms with Crippen LogP contribution in [-0.4, -0.2) is 75.0 Å². The van der Waals surface area contributed by atoms with E-state index in [1.54, 1.807) is 36.0 Å². The number of carbonyl (C=O) groups excluding carboxylic acids is 2. The van der Waals surface area contributed by atoms with Crippen LogP contribution in [0.4, 0.5) is 15.8 Å². The molecule has 2 heterocycles. The van der Waals surface area contributed by atoms with Crippen molar-refractivity contribution in [1.29, 1.82) is 0 Å². The first-order chi connectivity index (χ1) is 14.4. The van der Waals surface area contributed by atoms with Crippen LogP contribution in [-0.2, 0) is 11.2 Å². The van der Waals surface area contributed by atoms with Gasteiger partial charge in [-0.05, 0) is 36.2 Å². The fourth-order valence-corrected chi connectivity index (χ4v) is 4.17. The quantitative estimate of drug-likeness (QED) is 0.776. The number of benzene rings is 2. The summed E-state index contributed by atoms with van der Waals surface area (Å²) in [7, 11) is 3.53. The van der Waals surface area contributed by atoms with Crippen molar-refractivity contribution in [3.05, 3.63) is 59.4 Å². The summed E-state index contributed by atoms with van der Waals surface area (Å²) in [4.78, 5) is 32.9. The van der Waals surface area contributed by atoms with Gasteiger partial charge in [-0.1, -0.05) is 18.2 Å². The van der Waals surface area contributed by atoms with Crippen molar-refractivity contribution in [1.82, 2.24) is 9.80 Å². The average Bonchev–Trinajstić information content (AvgIpc) is 3.18. The van der Waals surface area contributed by atoms with Crippen molar-refractivity contribution in [2.75, 3.05) is 63.2 Å². The molecule has 6 nitrogen and oxygen atoms in total. The SMILES string of the molecule is CN(C)c1ccc(C(=O)N2CCN(CC(=O)N3CCc4ccccc43)CC2)cc1F. The molecule has 0 saturated carbocycles. The van der Waals surface area contributed by atoms with E-state index in [1.165, 1.54) is 11.6 Å². The second kappa shape index (κ2) is 8.44. The number of nitrogens with zero attached hydrogens (tertiary/aromatic N) is 4. The molecule has 30 heavy (non-hydrogen) atoms. The second-order valence-corrected chi connectivity index (χ2v) is 8.05. The van der Waals surface area contributed by atoms with E-state index in [1.807, 2.05) is 23.1 Å². The van der Waals surface area contributed by atoms with Gasteiger partial charge in [0, 0.05) is 58.1 Å². The molecule has 0 spiro atoms. The lowest BCUT2D eigenvalue weighted by Crippen LogP contribution is -2.51. The van der Waals surface area contributed by atoms with Gasteiger partial charge in [0.1, 0.15) is 5.82 Å². The van der Waals surface area contributed by atoms with Crippen LogP contribution in [0.5, 0.6) is 0 Å². The predicted octanol–water partition coefficient (Wildman–Crippen LogP) is 2.24. The number of amides is 2. The highest BCUT2D eigenvalue weighted by atomic mass is 19.1. The molecule has 1 fully saturated rings. The summed E-state index contributed by atoms with van der Waals surface area (Å²) in [5, 5.41) is 0. The first kappa shape index (κ1) is 20.3. The van der Waals surface area contributed by atoms with E-state index in [0.29, 0.717) is 44.0 Å². The lowest BCUT2D eigenvalue weighted by atomic mass is 10.1. The van der Waals surface area contributed by atoms with Crippen LogP contribution in [0.25, 0.3) is 0 Å². The standard InChI is InChI=1S/C23H27FN4O2/c1-25(2)21-8-7-18(15-19(21)24)23(30)27-13-11-26(12-14-27)16-22(29)28-10-9-17-5-3-4-6-20(17)28/h3-8,15H,9-14,16H2,1-2H3. The van der Waals surface area contributed by atoms with E-state index in [9.17, 15) is 14.0 Å². The van der Waals surface area contributed by atoms with Gasteiger partial charge < -0.3 is 14.7 Å². The molecule has 1 saturated heterocycles. The highest BCUT2D eigenvalue weighted by molar-refractivity contribution is 5.97. The van der Waals surface area contributed by atoms with Crippen LogP contribution in [0, 0.1) is 5.82 Å². The Balaban J connectivity index is 1.32. The number of fused-ring (bicyclic) bond motifs is 1. The molecule has 4 rings (SSSR count). The maximum absolute atomic E-state index is 14.2. The van der Waals surface area contributed by atoms with Crippen molar-refractivity contribution < 1.29 is 14.0 Å². The number of piperazine rings is 1. The Morgan fingerprint density at radius 3 is 2.43 bits per heavy atom. The normalized spacial score (nSPS) is 16.5. The third-order valence-corrected chi connectivity index (χ3v) is 5.88. The first-order valence-electron chi connectivity index (χ1n) is 10.3.